The van der Waals surface area contributed by atoms with Gasteiger partial charge >= 0.3 is 6.16 Å². The molecule has 0 aromatic rings. The van der Waals surface area contributed by atoms with E-state index in [4.69, 9.17) is 15.2 Å². The average Bonchev–Trinajstić information content (AvgIpc) is 1.98. The third-order valence-electron chi connectivity index (χ3n) is 2.11. The number of aliphatic hydroxyl groups is 1. The Kier molecular flexibility index (Phi) is 5.75. The largest absolute Gasteiger partial charge is 0.508 e. The first-order chi connectivity index (χ1) is 7.11. The van der Waals surface area contributed by atoms with E-state index in [2.05, 4.69) is 0 Å². The predicted octanol–water partition coefficient (Wildman–Crippen LogP) is 1.42. The van der Waals surface area contributed by atoms with Gasteiger partial charge in [0.05, 0.1) is 5.60 Å². The van der Waals surface area contributed by atoms with Gasteiger partial charge in [0.15, 0.2) is 0 Å². The first-order valence-corrected chi connectivity index (χ1v) is 5.47. The second-order valence-corrected chi connectivity index (χ2v) is 4.88. The average molecular weight is 233 g/mol. The Hall–Kier alpha value is -0.810. The highest BCUT2D eigenvalue weighted by atomic mass is 16.7. The first-order valence-electron chi connectivity index (χ1n) is 5.47. The maximum Gasteiger partial charge on any atom is 0.508 e. The van der Waals surface area contributed by atoms with E-state index in [9.17, 15) is 9.90 Å². The Morgan fingerprint density at radius 2 is 1.81 bits per heavy atom. The van der Waals surface area contributed by atoms with Crippen molar-refractivity contribution < 1.29 is 19.4 Å². The molecule has 16 heavy (non-hydrogen) atoms. The van der Waals surface area contributed by atoms with E-state index >= 15 is 0 Å². The van der Waals surface area contributed by atoms with Crippen LogP contribution in [0.3, 0.4) is 0 Å². The fraction of sp³-hybridized carbons (Fsp3) is 0.909. The van der Waals surface area contributed by atoms with Gasteiger partial charge in [-0.1, -0.05) is 0 Å². The van der Waals surface area contributed by atoms with Crippen LogP contribution in [0.15, 0.2) is 0 Å². The molecule has 96 valence electrons. The van der Waals surface area contributed by atoms with Crippen LogP contribution in [0.4, 0.5) is 4.79 Å². The fourth-order valence-corrected chi connectivity index (χ4v) is 1.20. The number of carbonyl (C=O) groups excluding carboxylic acids is 1. The van der Waals surface area contributed by atoms with Crippen molar-refractivity contribution in [2.24, 2.45) is 5.73 Å². The van der Waals surface area contributed by atoms with Crippen molar-refractivity contribution in [3.8, 4) is 0 Å². The van der Waals surface area contributed by atoms with Crippen molar-refractivity contribution in [2.45, 2.75) is 64.9 Å². The van der Waals surface area contributed by atoms with Crippen LogP contribution in [0.5, 0.6) is 0 Å². The van der Waals surface area contributed by atoms with E-state index < -0.39 is 17.9 Å². The molecule has 0 aliphatic heterocycles. The molecule has 0 aromatic heterocycles. The molecule has 0 spiro atoms. The molecule has 0 aromatic carbocycles. The molecule has 5 nitrogen and oxygen atoms in total. The van der Waals surface area contributed by atoms with Crippen LogP contribution in [0.2, 0.25) is 0 Å². The van der Waals surface area contributed by atoms with Gasteiger partial charge in [-0.15, -0.1) is 0 Å². The van der Waals surface area contributed by atoms with Crippen LogP contribution < -0.4 is 5.73 Å². The van der Waals surface area contributed by atoms with E-state index in [1.165, 1.54) is 0 Å². The van der Waals surface area contributed by atoms with Crippen molar-refractivity contribution in [2.75, 3.05) is 0 Å². The molecule has 0 amide bonds. The summed E-state index contributed by atoms with van der Waals surface area (Å²) < 4.78 is 9.90. The lowest BCUT2D eigenvalue weighted by Crippen LogP contribution is -2.35. The Labute approximate surface area is 96.9 Å². The Morgan fingerprint density at radius 1 is 1.31 bits per heavy atom. The monoisotopic (exact) mass is 233 g/mol. The zero-order valence-corrected chi connectivity index (χ0v) is 10.7. The molecule has 0 rings (SSSR count). The summed E-state index contributed by atoms with van der Waals surface area (Å²) >= 11 is 0. The van der Waals surface area contributed by atoms with Crippen LogP contribution in [-0.4, -0.2) is 35.1 Å². The smallest absolute Gasteiger partial charge is 0.431 e. The molecule has 3 atom stereocenters. The van der Waals surface area contributed by atoms with Crippen molar-refractivity contribution in [1.29, 1.82) is 0 Å². The topological polar surface area (TPSA) is 81.8 Å². The minimum Gasteiger partial charge on any atom is -0.431 e. The van der Waals surface area contributed by atoms with Crippen LogP contribution in [0.25, 0.3) is 0 Å². The zero-order valence-electron chi connectivity index (χ0n) is 10.7. The standard InChI is InChI=1S/C11H23NO4/c1-7(6-11(4,5)14)15-10(13)16-9(3)8(2)12/h7-9,14H,6,12H2,1-5H3. The Balaban J connectivity index is 3.96. The molecule has 0 bridgehead atoms. The van der Waals surface area contributed by atoms with Crippen LogP contribution in [0.1, 0.15) is 41.0 Å². The lowest BCUT2D eigenvalue weighted by molar-refractivity contribution is -0.0258. The second kappa shape index (κ2) is 6.06. The Bertz CT molecular complexity index is 223. The molecule has 0 heterocycles. The predicted molar refractivity (Wildman–Crippen MR) is 61.1 cm³/mol. The summed E-state index contributed by atoms with van der Waals surface area (Å²) in [6, 6.07) is -0.239. The van der Waals surface area contributed by atoms with Gasteiger partial charge in [-0.2, -0.15) is 0 Å². The van der Waals surface area contributed by atoms with Crippen LogP contribution in [0, 0.1) is 0 Å². The number of hydrogen-bond donors (Lipinski definition) is 2. The maximum absolute atomic E-state index is 11.3. The summed E-state index contributed by atoms with van der Waals surface area (Å²) in [5.74, 6) is 0. The van der Waals surface area contributed by atoms with Gasteiger partial charge in [0.1, 0.15) is 12.2 Å². The van der Waals surface area contributed by atoms with E-state index in [-0.39, 0.29) is 12.1 Å². The first kappa shape index (κ1) is 15.2. The molecule has 0 saturated carbocycles. The van der Waals surface area contributed by atoms with Gasteiger partial charge in [-0.3, -0.25) is 0 Å². The third kappa shape index (κ3) is 7.48. The number of nitrogens with two attached hydrogens (primary N) is 1. The summed E-state index contributed by atoms with van der Waals surface area (Å²) in [4.78, 5) is 11.3. The lowest BCUT2D eigenvalue weighted by atomic mass is 10.0. The van der Waals surface area contributed by atoms with Crippen molar-refractivity contribution in [1.82, 2.24) is 0 Å². The highest BCUT2D eigenvalue weighted by molar-refractivity contribution is 5.60. The number of ether oxygens (including phenoxy) is 2. The summed E-state index contributed by atoms with van der Waals surface area (Å²) in [6.45, 7) is 8.46. The second-order valence-electron chi connectivity index (χ2n) is 4.88. The summed E-state index contributed by atoms with van der Waals surface area (Å²) in [6.07, 6.45) is -1.18. The van der Waals surface area contributed by atoms with E-state index in [0.29, 0.717) is 6.42 Å². The molecule has 3 N–H and O–H groups in total. The quantitative estimate of drug-likeness (QED) is 0.702. The highest BCUT2D eigenvalue weighted by Gasteiger charge is 2.22. The summed E-state index contributed by atoms with van der Waals surface area (Å²) in [5, 5.41) is 9.52. The number of rotatable bonds is 5. The molecular weight excluding hydrogens is 210 g/mol. The van der Waals surface area contributed by atoms with Gasteiger partial charge < -0.3 is 20.3 Å². The SMILES string of the molecule is CC(CC(C)(C)O)OC(=O)OC(C)C(C)N. The maximum atomic E-state index is 11.3. The van der Waals surface area contributed by atoms with E-state index in [1.807, 2.05) is 0 Å². The molecule has 5 heteroatoms. The minimum atomic E-state index is -0.869. The van der Waals surface area contributed by atoms with Gasteiger partial charge in [-0.05, 0) is 34.6 Å². The fourth-order valence-electron chi connectivity index (χ4n) is 1.20. The molecule has 0 fully saturated rings. The van der Waals surface area contributed by atoms with Crippen molar-refractivity contribution in [3.63, 3.8) is 0 Å². The minimum absolute atomic E-state index is 0.239. The third-order valence-corrected chi connectivity index (χ3v) is 2.11. The van der Waals surface area contributed by atoms with Crippen molar-refractivity contribution >= 4 is 6.16 Å². The van der Waals surface area contributed by atoms with Gasteiger partial charge in [0.2, 0.25) is 0 Å². The lowest BCUT2D eigenvalue weighted by Gasteiger charge is -2.23. The molecule has 0 aliphatic carbocycles. The molecule has 0 radical (unpaired) electrons. The van der Waals surface area contributed by atoms with Gasteiger partial charge in [0, 0.05) is 12.5 Å². The normalized spacial score (nSPS) is 17.4. The summed E-state index contributed by atoms with van der Waals surface area (Å²) in [5.41, 5.74) is 4.68. The number of hydrogen-bond acceptors (Lipinski definition) is 5. The molecular formula is C11H23NO4. The van der Waals surface area contributed by atoms with Crippen LogP contribution >= 0.6 is 0 Å². The van der Waals surface area contributed by atoms with Crippen LogP contribution in [-0.2, 0) is 9.47 Å². The summed E-state index contributed by atoms with van der Waals surface area (Å²) in [7, 11) is 0. The van der Waals surface area contributed by atoms with E-state index in [0.717, 1.165) is 0 Å². The van der Waals surface area contributed by atoms with E-state index in [1.54, 1.807) is 34.6 Å². The zero-order chi connectivity index (χ0) is 12.9. The van der Waals surface area contributed by atoms with Gasteiger partial charge in [0.25, 0.3) is 0 Å². The molecule has 0 aliphatic rings. The molecule has 3 unspecified atom stereocenters. The highest BCUT2D eigenvalue weighted by Crippen LogP contribution is 2.13. The number of carbonyl (C=O) groups is 1. The van der Waals surface area contributed by atoms with Gasteiger partial charge in [-0.25, -0.2) is 4.79 Å². The Morgan fingerprint density at radius 3 is 2.19 bits per heavy atom. The molecule has 0 saturated heterocycles. The van der Waals surface area contributed by atoms with Crippen molar-refractivity contribution in [3.05, 3.63) is 0 Å².